The third-order valence-corrected chi connectivity index (χ3v) is 7.47. The lowest BCUT2D eigenvalue weighted by Gasteiger charge is -2.41. The molecular weight excluding hydrogens is 520 g/mol. The molecule has 0 saturated heterocycles. The molecule has 3 aromatic rings. The number of alkyl halides is 6. The summed E-state index contributed by atoms with van der Waals surface area (Å²) in [5, 5.41) is 13.5. The average molecular weight is 552 g/mol. The highest BCUT2D eigenvalue weighted by Crippen LogP contribution is 2.42. The van der Waals surface area contributed by atoms with Gasteiger partial charge in [0.1, 0.15) is 6.10 Å². The molecule has 3 nitrogen and oxygen atoms in total. The topological polar surface area (TPSA) is 41.5 Å². The number of aliphatic hydroxyl groups is 1. The van der Waals surface area contributed by atoms with Gasteiger partial charge in [-0.25, -0.2) is 0 Å². The molecule has 0 aromatic heterocycles. The van der Waals surface area contributed by atoms with Crippen molar-refractivity contribution in [2.75, 3.05) is 13.2 Å². The molecule has 9 heteroatoms. The lowest BCUT2D eigenvalue weighted by molar-refractivity contribution is -0.143. The number of hydrogen-bond donors (Lipinski definition) is 2. The number of rotatable bonds is 9. The molecule has 2 N–H and O–H groups in total. The Hall–Kier alpha value is -2.88. The molecule has 1 aliphatic carbocycles. The van der Waals surface area contributed by atoms with E-state index in [1.165, 1.54) is 5.56 Å². The van der Waals surface area contributed by atoms with E-state index in [2.05, 4.69) is 5.32 Å². The molecule has 4 rings (SSSR count). The van der Waals surface area contributed by atoms with Crippen LogP contribution in [0, 0.1) is 0 Å². The van der Waals surface area contributed by atoms with Gasteiger partial charge in [0.15, 0.2) is 0 Å². The van der Waals surface area contributed by atoms with Gasteiger partial charge < -0.3 is 15.2 Å². The smallest absolute Gasteiger partial charge is 0.393 e. The molecule has 0 spiro atoms. The third kappa shape index (κ3) is 7.41. The predicted octanol–water partition coefficient (Wildman–Crippen LogP) is 7.44. The summed E-state index contributed by atoms with van der Waals surface area (Å²) in [6.45, 7) is 0.0139. The summed E-state index contributed by atoms with van der Waals surface area (Å²) in [6, 6.07) is 21.2. The van der Waals surface area contributed by atoms with Crippen LogP contribution in [0.15, 0.2) is 78.9 Å². The number of halogens is 6. The van der Waals surface area contributed by atoms with Crippen LogP contribution in [-0.4, -0.2) is 24.4 Å². The Labute approximate surface area is 223 Å². The van der Waals surface area contributed by atoms with Gasteiger partial charge in [-0.05, 0) is 60.6 Å². The molecule has 39 heavy (non-hydrogen) atoms. The van der Waals surface area contributed by atoms with Gasteiger partial charge in [0.2, 0.25) is 0 Å². The van der Waals surface area contributed by atoms with E-state index in [4.69, 9.17) is 4.74 Å². The number of nitrogens with one attached hydrogen (secondary N) is 1. The highest BCUT2D eigenvalue weighted by molar-refractivity contribution is 5.35. The zero-order valence-corrected chi connectivity index (χ0v) is 21.2. The van der Waals surface area contributed by atoms with Gasteiger partial charge in [0.05, 0.1) is 24.3 Å². The third-order valence-electron chi connectivity index (χ3n) is 7.47. The Morgan fingerprint density at radius 2 is 1.36 bits per heavy atom. The second-order valence-corrected chi connectivity index (χ2v) is 10.1. The van der Waals surface area contributed by atoms with E-state index in [0.29, 0.717) is 25.0 Å². The number of ether oxygens (including phenoxy) is 1. The van der Waals surface area contributed by atoms with Crippen molar-refractivity contribution in [3.63, 3.8) is 0 Å². The zero-order valence-electron chi connectivity index (χ0n) is 21.2. The first-order chi connectivity index (χ1) is 18.5. The van der Waals surface area contributed by atoms with Crippen molar-refractivity contribution in [1.82, 2.24) is 5.32 Å². The van der Waals surface area contributed by atoms with Gasteiger partial charge in [-0.2, -0.15) is 26.3 Å². The van der Waals surface area contributed by atoms with E-state index in [1.54, 1.807) is 0 Å². The van der Waals surface area contributed by atoms with Gasteiger partial charge in [-0.1, -0.05) is 60.7 Å². The van der Waals surface area contributed by atoms with Crippen molar-refractivity contribution >= 4 is 0 Å². The molecule has 210 valence electrons. The monoisotopic (exact) mass is 551 g/mol. The van der Waals surface area contributed by atoms with Crippen LogP contribution in [0.5, 0.6) is 0 Å². The van der Waals surface area contributed by atoms with Gasteiger partial charge in [0, 0.05) is 18.0 Å². The summed E-state index contributed by atoms with van der Waals surface area (Å²) >= 11 is 0. The summed E-state index contributed by atoms with van der Waals surface area (Å²) < 4.78 is 86.3. The van der Waals surface area contributed by atoms with E-state index in [0.717, 1.165) is 24.9 Å². The SMILES string of the molecule is OCC(OCC1(c2ccccc2)CCC(NCc2ccccc2)CC1)c1cc(C(F)(F)F)cc(C(F)(F)F)c1. The first-order valence-corrected chi connectivity index (χ1v) is 12.8. The molecule has 0 radical (unpaired) electrons. The van der Waals surface area contributed by atoms with Crippen molar-refractivity contribution in [2.45, 2.75) is 62.1 Å². The van der Waals surface area contributed by atoms with Crippen LogP contribution < -0.4 is 5.32 Å². The zero-order chi connectivity index (χ0) is 28.1. The highest BCUT2D eigenvalue weighted by Gasteiger charge is 2.40. The Morgan fingerprint density at radius 3 is 1.87 bits per heavy atom. The van der Waals surface area contributed by atoms with Crippen molar-refractivity contribution < 1.29 is 36.2 Å². The molecule has 0 heterocycles. The average Bonchev–Trinajstić information content (AvgIpc) is 2.93. The van der Waals surface area contributed by atoms with Crippen LogP contribution in [0.25, 0.3) is 0 Å². The molecule has 1 aliphatic rings. The molecule has 0 aliphatic heterocycles. The minimum Gasteiger partial charge on any atom is -0.393 e. The second-order valence-electron chi connectivity index (χ2n) is 10.1. The van der Waals surface area contributed by atoms with Gasteiger partial charge in [-0.3, -0.25) is 0 Å². The second kappa shape index (κ2) is 12.1. The minimum absolute atomic E-state index is 0.0469. The van der Waals surface area contributed by atoms with Crippen molar-refractivity contribution in [3.05, 3.63) is 107 Å². The lowest BCUT2D eigenvalue weighted by atomic mass is 9.68. The van der Waals surface area contributed by atoms with E-state index in [1.807, 2.05) is 60.7 Å². The summed E-state index contributed by atoms with van der Waals surface area (Å²) in [5.41, 5.74) is -1.56. The molecule has 1 atom stereocenters. The molecule has 1 unspecified atom stereocenters. The summed E-state index contributed by atoms with van der Waals surface area (Å²) in [5.74, 6) is 0. The van der Waals surface area contributed by atoms with Crippen molar-refractivity contribution in [3.8, 4) is 0 Å². The lowest BCUT2D eigenvalue weighted by Crippen LogP contribution is -2.42. The van der Waals surface area contributed by atoms with E-state index in [-0.39, 0.29) is 24.3 Å². The van der Waals surface area contributed by atoms with Gasteiger partial charge in [0.25, 0.3) is 0 Å². The Bertz CT molecular complexity index is 1160. The molecular formula is C30H31F6NO2. The molecule has 1 fully saturated rings. The van der Waals surface area contributed by atoms with E-state index in [9.17, 15) is 31.4 Å². The van der Waals surface area contributed by atoms with Crippen molar-refractivity contribution in [1.29, 1.82) is 0 Å². The van der Waals surface area contributed by atoms with Crippen LogP contribution in [0.3, 0.4) is 0 Å². The number of hydrogen-bond acceptors (Lipinski definition) is 3. The van der Waals surface area contributed by atoms with Crippen LogP contribution >= 0.6 is 0 Å². The Kier molecular flexibility index (Phi) is 9.03. The minimum atomic E-state index is -4.98. The molecule has 0 amide bonds. The summed E-state index contributed by atoms with van der Waals surface area (Å²) in [7, 11) is 0. The normalized spacial score (nSPS) is 21.1. The van der Waals surface area contributed by atoms with E-state index < -0.39 is 41.6 Å². The molecule has 3 aromatic carbocycles. The van der Waals surface area contributed by atoms with Crippen LogP contribution in [0.4, 0.5) is 26.3 Å². The fourth-order valence-electron chi connectivity index (χ4n) is 5.22. The van der Waals surface area contributed by atoms with Crippen molar-refractivity contribution in [2.24, 2.45) is 0 Å². The first-order valence-electron chi connectivity index (χ1n) is 12.8. The number of aliphatic hydroxyl groups excluding tert-OH is 1. The van der Waals surface area contributed by atoms with Crippen LogP contribution in [0.2, 0.25) is 0 Å². The van der Waals surface area contributed by atoms with Gasteiger partial charge in [-0.15, -0.1) is 0 Å². The highest BCUT2D eigenvalue weighted by atomic mass is 19.4. The first kappa shape index (κ1) is 29.1. The fourth-order valence-corrected chi connectivity index (χ4v) is 5.22. The molecule has 1 saturated carbocycles. The number of benzene rings is 3. The fraction of sp³-hybridized carbons (Fsp3) is 0.400. The maximum atomic E-state index is 13.4. The molecule has 0 bridgehead atoms. The van der Waals surface area contributed by atoms with Gasteiger partial charge >= 0.3 is 12.4 Å². The maximum absolute atomic E-state index is 13.4. The Balaban J connectivity index is 1.52. The van der Waals surface area contributed by atoms with E-state index >= 15 is 0 Å². The van der Waals surface area contributed by atoms with Crippen LogP contribution in [-0.2, 0) is 29.0 Å². The quantitative estimate of drug-likeness (QED) is 0.272. The standard InChI is InChI=1S/C30H31F6NO2/c31-29(32,33)24-15-22(16-25(17-24)30(34,35)36)27(19-38)39-20-28(23-9-5-2-6-10-23)13-11-26(12-14-28)37-18-21-7-3-1-4-8-21/h1-10,15-17,26-27,37-38H,11-14,18-20H2. The summed E-state index contributed by atoms with van der Waals surface area (Å²) in [6.07, 6.45) is -8.26. The van der Waals surface area contributed by atoms with Crippen LogP contribution in [0.1, 0.15) is 59.6 Å². The maximum Gasteiger partial charge on any atom is 0.416 e. The predicted molar refractivity (Wildman–Crippen MR) is 136 cm³/mol. The summed E-state index contributed by atoms with van der Waals surface area (Å²) in [4.78, 5) is 0. The largest absolute Gasteiger partial charge is 0.416 e. The Morgan fingerprint density at radius 1 is 0.821 bits per heavy atom.